The first-order chi connectivity index (χ1) is 9.06. The molecule has 0 aliphatic carbocycles. The summed E-state index contributed by atoms with van der Waals surface area (Å²) < 4.78 is 5.11. The summed E-state index contributed by atoms with van der Waals surface area (Å²) in [5.74, 6) is 0.627. The molecule has 100 valence electrons. The number of ether oxygens (including phenoxy) is 1. The summed E-state index contributed by atoms with van der Waals surface area (Å²) in [5.41, 5.74) is 5.60. The average molecular weight is 257 g/mol. The number of benzene rings is 1. The summed E-state index contributed by atoms with van der Waals surface area (Å²) in [6.07, 6.45) is 3.01. The molecule has 0 bridgehead atoms. The molecule has 0 amide bonds. The van der Waals surface area contributed by atoms with Crippen molar-refractivity contribution in [1.82, 2.24) is 0 Å². The topological polar surface area (TPSA) is 41.8 Å². The monoisotopic (exact) mass is 257 g/mol. The largest absolute Gasteiger partial charge is 0.504 e. The standard InChI is InChI=1S/C16H19NO2/c1-5-13-10(2)14(17-11(13)3)8-12-6-7-15(18)16(9-12)19-4/h6-9,18H,5H2,1-4H3/b14-8-. The van der Waals surface area contributed by atoms with Crippen molar-refractivity contribution < 1.29 is 9.84 Å². The maximum atomic E-state index is 9.59. The summed E-state index contributed by atoms with van der Waals surface area (Å²) in [5, 5.41) is 9.59. The van der Waals surface area contributed by atoms with Gasteiger partial charge in [-0.15, -0.1) is 0 Å². The predicted octanol–water partition coefficient (Wildman–Crippen LogP) is 3.94. The molecule has 3 nitrogen and oxygen atoms in total. The molecule has 1 N–H and O–H groups in total. The molecule has 19 heavy (non-hydrogen) atoms. The third-order valence-corrected chi connectivity index (χ3v) is 3.42. The van der Waals surface area contributed by atoms with Crippen LogP contribution < -0.4 is 4.74 Å². The van der Waals surface area contributed by atoms with Gasteiger partial charge in [-0.1, -0.05) is 13.0 Å². The molecule has 0 spiro atoms. The van der Waals surface area contributed by atoms with Crippen LogP contribution in [0.4, 0.5) is 0 Å². The van der Waals surface area contributed by atoms with E-state index in [0.29, 0.717) is 5.75 Å². The molecule has 0 radical (unpaired) electrons. The fraction of sp³-hybridized carbons (Fsp3) is 0.312. The summed E-state index contributed by atoms with van der Waals surface area (Å²) in [4.78, 5) is 4.60. The van der Waals surface area contributed by atoms with Gasteiger partial charge in [0.2, 0.25) is 0 Å². The fourth-order valence-electron chi connectivity index (χ4n) is 2.36. The van der Waals surface area contributed by atoms with Crippen LogP contribution in [-0.4, -0.2) is 17.9 Å². The smallest absolute Gasteiger partial charge is 0.161 e. The Morgan fingerprint density at radius 3 is 2.63 bits per heavy atom. The van der Waals surface area contributed by atoms with Gasteiger partial charge in [0.25, 0.3) is 0 Å². The van der Waals surface area contributed by atoms with Crippen LogP contribution in [0.5, 0.6) is 11.5 Å². The van der Waals surface area contributed by atoms with Crippen LogP contribution in [-0.2, 0) is 0 Å². The van der Waals surface area contributed by atoms with Crippen molar-refractivity contribution in [3.63, 3.8) is 0 Å². The van der Waals surface area contributed by atoms with E-state index >= 15 is 0 Å². The molecule has 0 saturated heterocycles. The number of phenols is 1. The number of methoxy groups -OCH3 is 1. The molecule has 0 saturated carbocycles. The van der Waals surface area contributed by atoms with Crippen LogP contribution in [0, 0.1) is 0 Å². The second kappa shape index (κ2) is 5.31. The minimum atomic E-state index is 0.150. The first-order valence-corrected chi connectivity index (χ1v) is 6.41. The molecule has 2 rings (SSSR count). The van der Waals surface area contributed by atoms with Crippen molar-refractivity contribution in [2.45, 2.75) is 27.2 Å². The fourth-order valence-corrected chi connectivity index (χ4v) is 2.36. The predicted molar refractivity (Wildman–Crippen MR) is 78.7 cm³/mol. The van der Waals surface area contributed by atoms with Crippen LogP contribution in [0.1, 0.15) is 32.8 Å². The minimum Gasteiger partial charge on any atom is -0.504 e. The number of aromatic hydroxyl groups is 1. The van der Waals surface area contributed by atoms with Crippen LogP contribution in [0.2, 0.25) is 0 Å². The molecule has 0 unspecified atom stereocenters. The van der Waals surface area contributed by atoms with Crippen LogP contribution in [0.25, 0.3) is 6.08 Å². The van der Waals surface area contributed by atoms with E-state index in [4.69, 9.17) is 4.74 Å². The molecular formula is C16H19NO2. The maximum absolute atomic E-state index is 9.59. The first kappa shape index (κ1) is 13.4. The number of aliphatic imine (C=N–C) groups is 1. The summed E-state index contributed by atoms with van der Waals surface area (Å²) >= 11 is 0. The number of nitrogens with zero attached hydrogens (tertiary/aromatic N) is 1. The molecular weight excluding hydrogens is 238 g/mol. The average Bonchev–Trinajstić information content (AvgIpc) is 2.66. The Labute approximate surface area is 113 Å². The van der Waals surface area contributed by atoms with Crippen molar-refractivity contribution in [3.05, 3.63) is 40.6 Å². The molecule has 1 aliphatic rings. The summed E-state index contributed by atoms with van der Waals surface area (Å²) in [6.45, 7) is 6.28. The van der Waals surface area contributed by atoms with Crippen molar-refractivity contribution in [2.75, 3.05) is 7.11 Å². The lowest BCUT2D eigenvalue weighted by molar-refractivity contribution is 0.373. The Morgan fingerprint density at radius 1 is 1.32 bits per heavy atom. The van der Waals surface area contributed by atoms with Crippen molar-refractivity contribution in [2.24, 2.45) is 4.99 Å². The van der Waals surface area contributed by atoms with Crippen molar-refractivity contribution in [3.8, 4) is 11.5 Å². The van der Waals surface area contributed by atoms with Gasteiger partial charge in [0, 0.05) is 5.71 Å². The zero-order valence-electron chi connectivity index (χ0n) is 11.8. The second-order valence-electron chi connectivity index (χ2n) is 4.62. The molecule has 1 aromatic carbocycles. The van der Waals surface area contributed by atoms with E-state index in [-0.39, 0.29) is 5.75 Å². The van der Waals surface area contributed by atoms with E-state index in [1.54, 1.807) is 13.2 Å². The van der Waals surface area contributed by atoms with Crippen molar-refractivity contribution >= 4 is 11.8 Å². The van der Waals surface area contributed by atoms with Gasteiger partial charge in [0.05, 0.1) is 12.8 Å². The third kappa shape index (κ3) is 2.55. The molecule has 0 atom stereocenters. The lowest BCUT2D eigenvalue weighted by Gasteiger charge is -2.05. The number of rotatable bonds is 3. The van der Waals surface area contributed by atoms with Crippen molar-refractivity contribution in [1.29, 1.82) is 0 Å². The number of allylic oxidation sites excluding steroid dienone is 2. The van der Waals surface area contributed by atoms with E-state index in [0.717, 1.165) is 23.4 Å². The van der Waals surface area contributed by atoms with Gasteiger partial charge in [-0.25, -0.2) is 0 Å². The molecule has 1 heterocycles. The van der Waals surface area contributed by atoms with E-state index in [1.807, 2.05) is 25.1 Å². The normalized spacial score (nSPS) is 17.1. The van der Waals surface area contributed by atoms with Gasteiger partial charge in [0.1, 0.15) is 0 Å². The van der Waals surface area contributed by atoms with Crippen LogP contribution in [0.3, 0.4) is 0 Å². The molecule has 3 heteroatoms. The Morgan fingerprint density at radius 2 is 2.05 bits per heavy atom. The van der Waals surface area contributed by atoms with Crippen LogP contribution in [0.15, 0.2) is 40.0 Å². The van der Waals surface area contributed by atoms with E-state index in [2.05, 4.69) is 18.8 Å². The Balaban J connectivity index is 2.41. The Hall–Kier alpha value is -2.03. The van der Waals surface area contributed by atoms with Gasteiger partial charge < -0.3 is 9.84 Å². The molecule has 0 fully saturated rings. The van der Waals surface area contributed by atoms with Gasteiger partial charge in [-0.3, -0.25) is 4.99 Å². The maximum Gasteiger partial charge on any atom is 0.161 e. The number of hydrogen-bond acceptors (Lipinski definition) is 3. The number of phenolic OH excluding ortho intramolecular Hbond substituents is 1. The lowest BCUT2D eigenvalue weighted by atomic mass is 10.0. The highest BCUT2D eigenvalue weighted by Crippen LogP contribution is 2.31. The quantitative estimate of drug-likeness (QED) is 0.891. The SMILES string of the molecule is CCC1=C(C)/C(=C/c2ccc(O)c(OC)c2)N=C1C. The Kier molecular flexibility index (Phi) is 3.74. The zero-order valence-corrected chi connectivity index (χ0v) is 11.8. The Bertz CT molecular complexity index is 595. The summed E-state index contributed by atoms with van der Waals surface area (Å²) in [7, 11) is 1.55. The minimum absolute atomic E-state index is 0.150. The molecule has 1 aromatic rings. The van der Waals surface area contributed by atoms with E-state index in [1.165, 1.54) is 11.1 Å². The highest BCUT2D eigenvalue weighted by Gasteiger charge is 2.15. The molecule has 0 aromatic heterocycles. The lowest BCUT2D eigenvalue weighted by Crippen LogP contribution is -1.91. The third-order valence-electron chi connectivity index (χ3n) is 3.42. The van der Waals surface area contributed by atoms with E-state index in [9.17, 15) is 5.11 Å². The van der Waals surface area contributed by atoms with Gasteiger partial charge in [0.15, 0.2) is 11.5 Å². The highest BCUT2D eigenvalue weighted by atomic mass is 16.5. The van der Waals surface area contributed by atoms with Gasteiger partial charge >= 0.3 is 0 Å². The number of hydrogen-bond donors (Lipinski definition) is 1. The first-order valence-electron chi connectivity index (χ1n) is 6.41. The molecule has 1 aliphatic heterocycles. The highest BCUT2D eigenvalue weighted by molar-refractivity contribution is 6.03. The zero-order chi connectivity index (χ0) is 14.0. The van der Waals surface area contributed by atoms with E-state index < -0.39 is 0 Å². The second-order valence-corrected chi connectivity index (χ2v) is 4.62. The van der Waals surface area contributed by atoms with Gasteiger partial charge in [-0.05, 0) is 55.2 Å². The van der Waals surface area contributed by atoms with Gasteiger partial charge in [-0.2, -0.15) is 0 Å². The van der Waals surface area contributed by atoms with Crippen LogP contribution >= 0.6 is 0 Å². The summed E-state index contributed by atoms with van der Waals surface area (Å²) in [6, 6.07) is 5.30.